The molecule has 0 saturated carbocycles. The minimum Gasteiger partial charge on any atom is -0.355 e. The van der Waals surface area contributed by atoms with Gasteiger partial charge in [-0.25, -0.2) is 0 Å². The van der Waals surface area contributed by atoms with Gasteiger partial charge in [-0.2, -0.15) is 13.2 Å². The van der Waals surface area contributed by atoms with Crippen molar-refractivity contribution >= 4 is 5.91 Å². The summed E-state index contributed by atoms with van der Waals surface area (Å²) in [6.07, 6.45) is -0.279. The second kappa shape index (κ2) is 8.89. The summed E-state index contributed by atoms with van der Waals surface area (Å²) >= 11 is 0. The Labute approximate surface area is 177 Å². The normalized spacial score (nSPS) is 15.6. The maximum atomic E-state index is 12.9. The van der Waals surface area contributed by atoms with Crippen LogP contribution in [-0.2, 0) is 12.7 Å². The van der Waals surface area contributed by atoms with E-state index in [0.717, 1.165) is 36.2 Å². The van der Waals surface area contributed by atoms with E-state index in [-0.39, 0.29) is 11.6 Å². The van der Waals surface area contributed by atoms with Gasteiger partial charge >= 0.3 is 6.18 Å². The Hall–Kier alpha value is -3.20. The van der Waals surface area contributed by atoms with E-state index in [0.29, 0.717) is 31.9 Å². The van der Waals surface area contributed by atoms with Crippen LogP contribution < -0.4 is 0 Å². The number of rotatable bonds is 4. The Morgan fingerprint density at radius 2 is 1.87 bits per heavy atom. The third kappa shape index (κ3) is 5.11. The molecule has 0 bridgehead atoms. The SMILES string of the molecule is O=C(c1cc(-c2cccnc2)on1)N1CCCN(Cc2ccc(C(F)(F)F)cc2)CC1. The van der Waals surface area contributed by atoms with Gasteiger partial charge in [0.05, 0.1) is 5.56 Å². The highest BCUT2D eigenvalue weighted by molar-refractivity contribution is 5.93. The predicted octanol–water partition coefficient (Wildman–Crippen LogP) is 4.10. The van der Waals surface area contributed by atoms with Crippen LogP contribution in [0, 0.1) is 0 Å². The highest BCUT2D eigenvalue weighted by Crippen LogP contribution is 2.29. The zero-order valence-corrected chi connectivity index (χ0v) is 16.7. The Morgan fingerprint density at radius 1 is 1.06 bits per heavy atom. The molecule has 9 heteroatoms. The van der Waals surface area contributed by atoms with E-state index in [9.17, 15) is 18.0 Å². The molecular weight excluding hydrogens is 409 g/mol. The van der Waals surface area contributed by atoms with Gasteiger partial charge in [0.15, 0.2) is 11.5 Å². The standard InChI is InChI=1S/C22H21F3N4O2/c23-22(24,25)18-6-4-16(5-7-18)15-28-9-2-10-29(12-11-28)21(30)19-13-20(31-27-19)17-3-1-8-26-14-17/h1,3-8,13-14H,2,9-12,15H2. The molecule has 0 aliphatic carbocycles. The van der Waals surface area contributed by atoms with Crippen molar-refractivity contribution in [1.82, 2.24) is 19.9 Å². The molecule has 0 spiro atoms. The van der Waals surface area contributed by atoms with Crippen molar-refractivity contribution in [2.75, 3.05) is 26.2 Å². The second-order valence-corrected chi connectivity index (χ2v) is 7.43. The van der Waals surface area contributed by atoms with Crippen molar-refractivity contribution in [3.8, 4) is 11.3 Å². The Kier molecular flexibility index (Phi) is 6.03. The van der Waals surface area contributed by atoms with Crippen LogP contribution in [0.25, 0.3) is 11.3 Å². The van der Waals surface area contributed by atoms with Crippen molar-refractivity contribution in [3.05, 3.63) is 71.7 Å². The zero-order valence-electron chi connectivity index (χ0n) is 16.7. The monoisotopic (exact) mass is 430 g/mol. The van der Waals surface area contributed by atoms with Gasteiger partial charge in [0.2, 0.25) is 0 Å². The Bertz CT molecular complexity index is 1020. The summed E-state index contributed by atoms with van der Waals surface area (Å²) in [6, 6.07) is 10.4. The molecule has 6 nitrogen and oxygen atoms in total. The first-order valence-electron chi connectivity index (χ1n) is 9.95. The van der Waals surface area contributed by atoms with Crippen LogP contribution in [-0.4, -0.2) is 52.0 Å². The molecular formula is C22H21F3N4O2. The molecule has 1 amide bonds. The molecule has 0 atom stereocenters. The van der Waals surface area contributed by atoms with E-state index in [1.807, 2.05) is 6.07 Å². The fourth-order valence-electron chi connectivity index (χ4n) is 3.57. The Morgan fingerprint density at radius 3 is 2.58 bits per heavy atom. The summed E-state index contributed by atoms with van der Waals surface area (Å²) < 4.78 is 43.5. The van der Waals surface area contributed by atoms with Gasteiger partial charge in [-0.15, -0.1) is 0 Å². The first kappa shape index (κ1) is 21.0. The number of halogens is 3. The molecule has 4 rings (SSSR count). The number of carbonyl (C=O) groups excluding carboxylic acids is 1. The van der Waals surface area contributed by atoms with E-state index in [4.69, 9.17) is 4.52 Å². The molecule has 1 aromatic carbocycles. The summed E-state index contributed by atoms with van der Waals surface area (Å²) in [6.45, 7) is 3.01. The molecule has 0 radical (unpaired) electrons. The van der Waals surface area contributed by atoms with Crippen molar-refractivity contribution in [1.29, 1.82) is 0 Å². The van der Waals surface area contributed by atoms with Crippen LogP contribution in [0.5, 0.6) is 0 Å². The maximum absolute atomic E-state index is 12.9. The molecule has 1 aliphatic rings. The number of nitrogens with zero attached hydrogens (tertiary/aromatic N) is 4. The van der Waals surface area contributed by atoms with Crippen molar-refractivity contribution in [2.45, 2.75) is 19.1 Å². The van der Waals surface area contributed by atoms with Crippen molar-refractivity contribution in [2.24, 2.45) is 0 Å². The fraction of sp³-hybridized carbons (Fsp3) is 0.318. The van der Waals surface area contributed by atoms with E-state index in [1.165, 1.54) is 12.1 Å². The lowest BCUT2D eigenvalue weighted by Gasteiger charge is -2.21. The molecule has 3 heterocycles. The molecule has 0 N–H and O–H groups in total. The zero-order chi connectivity index (χ0) is 21.8. The van der Waals surface area contributed by atoms with Crippen molar-refractivity contribution < 1.29 is 22.5 Å². The van der Waals surface area contributed by atoms with Gasteiger partial charge in [-0.05, 0) is 36.2 Å². The van der Waals surface area contributed by atoms with Crippen LogP contribution in [0.2, 0.25) is 0 Å². The topological polar surface area (TPSA) is 62.5 Å². The first-order chi connectivity index (χ1) is 14.9. The fourth-order valence-corrected chi connectivity index (χ4v) is 3.57. The summed E-state index contributed by atoms with van der Waals surface area (Å²) in [5, 5.41) is 3.91. The summed E-state index contributed by atoms with van der Waals surface area (Å²) in [7, 11) is 0. The van der Waals surface area contributed by atoms with Crippen LogP contribution in [0.1, 0.15) is 28.0 Å². The molecule has 162 valence electrons. The van der Waals surface area contributed by atoms with Crippen molar-refractivity contribution in [3.63, 3.8) is 0 Å². The molecule has 1 aliphatic heterocycles. The number of alkyl halides is 3. The Balaban J connectivity index is 1.36. The minimum absolute atomic E-state index is 0.199. The van der Waals surface area contributed by atoms with Crippen LogP contribution >= 0.6 is 0 Å². The highest BCUT2D eigenvalue weighted by atomic mass is 19.4. The lowest BCUT2D eigenvalue weighted by Crippen LogP contribution is -2.35. The molecule has 3 aromatic rings. The third-order valence-corrected chi connectivity index (χ3v) is 5.24. The molecule has 2 aromatic heterocycles. The van der Waals surface area contributed by atoms with Gasteiger partial charge < -0.3 is 9.42 Å². The molecule has 1 fully saturated rings. The van der Waals surface area contributed by atoms with Crippen LogP contribution in [0.3, 0.4) is 0 Å². The number of hydrogen-bond acceptors (Lipinski definition) is 5. The average Bonchev–Trinajstić information content (AvgIpc) is 3.15. The largest absolute Gasteiger partial charge is 0.416 e. The van der Waals surface area contributed by atoms with Gasteiger partial charge in [-0.3, -0.25) is 14.7 Å². The number of aromatic nitrogens is 2. The maximum Gasteiger partial charge on any atom is 0.416 e. The predicted molar refractivity (Wildman–Crippen MR) is 107 cm³/mol. The lowest BCUT2D eigenvalue weighted by atomic mass is 10.1. The number of amides is 1. The first-order valence-corrected chi connectivity index (χ1v) is 9.95. The van der Waals surface area contributed by atoms with Crippen LogP contribution in [0.15, 0.2) is 59.4 Å². The second-order valence-electron chi connectivity index (χ2n) is 7.43. The lowest BCUT2D eigenvalue weighted by molar-refractivity contribution is -0.137. The minimum atomic E-state index is -4.33. The number of benzene rings is 1. The average molecular weight is 430 g/mol. The number of pyridine rings is 1. The summed E-state index contributed by atoms with van der Waals surface area (Å²) in [4.78, 5) is 20.8. The van der Waals surface area contributed by atoms with Gasteiger partial charge in [0.25, 0.3) is 5.91 Å². The molecule has 31 heavy (non-hydrogen) atoms. The third-order valence-electron chi connectivity index (χ3n) is 5.24. The van der Waals surface area contributed by atoms with Gasteiger partial charge in [0, 0.05) is 56.7 Å². The van der Waals surface area contributed by atoms with E-state index < -0.39 is 11.7 Å². The van der Waals surface area contributed by atoms with E-state index in [1.54, 1.807) is 29.4 Å². The van der Waals surface area contributed by atoms with Crippen LogP contribution in [0.4, 0.5) is 13.2 Å². The van der Waals surface area contributed by atoms with E-state index >= 15 is 0 Å². The van der Waals surface area contributed by atoms with Gasteiger partial charge in [-0.1, -0.05) is 17.3 Å². The number of carbonyl (C=O) groups is 1. The summed E-state index contributed by atoms with van der Waals surface area (Å²) in [5.74, 6) is 0.283. The summed E-state index contributed by atoms with van der Waals surface area (Å²) in [5.41, 5.74) is 1.15. The van der Waals surface area contributed by atoms with Gasteiger partial charge in [0.1, 0.15) is 0 Å². The number of hydrogen-bond donors (Lipinski definition) is 0. The quantitative estimate of drug-likeness (QED) is 0.624. The molecule has 0 unspecified atom stereocenters. The molecule has 1 saturated heterocycles. The highest BCUT2D eigenvalue weighted by Gasteiger charge is 2.30. The van der Waals surface area contributed by atoms with E-state index in [2.05, 4.69) is 15.0 Å². The smallest absolute Gasteiger partial charge is 0.355 e.